The van der Waals surface area contributed by atoms with Crippen LogP contribution < -0.4 is 5.56 Å². The Kier molecular flexibility index (Phi) is 4.73. The molecule has 0 N–H and O–H groups in total. The number of aliphatic imine (C=N–C) groups is 1. The Labute approximate surface area is 161 Å². The fourth-order valence-electron chi connectivity index (χ4n) is 3.06. The second-order valence-corrected chi connectivity index (χ2v) is 6.53. The van der Waals surface area contributed by atoms with Crippen LogP contribution in [0.2, 0.25) is 0 Å². The Balaban J connectivity index is 1.64. The Hall–Kier alpha value is -3.35. The average molecular weight is 373 g/mol. The standard InChI is InChI=1S/C21H14BF2N3O/c22-16-9-20(25-11-16)14-3-1-2-13(6-14)12-27-21(28)5-4-19(26-27)15-7-17(23)10-18(24)8-15/h1-8,10-11H,9,12H2. The quantitative estimate of drug-likeness (QED) is 0.658. The van der Waals surface area contributed by atoms with Crippen LogP contribution >= 0.6 is 0 Å². The Morgan fingerprint density at radius 3 is 2.50 bits per heavy atom. The molecule has 28 heavy (non-hydrogen) atoms. The van der Waals surface area contributed by atoms with Crippen LogP contribution in [0.15, 0.2) is 76.1 Å². The SMILES string of the molecule is [B]C1=CN=C(c2cccc(Cn3nc(-c4cc(F)cc(F)c4)ccc3=O)c2)C1. The van der Waals surface area contributed by atoms with Gasteiger partial charge in [-0.25, -0.2) is 13.5 Å². The Morgan fingerprint density at radius 2 is 1.79 bits per heavy atom. The van der Waals surface area contributed by atoms with Crippen molar-refractivity contribution in [1.82, 2.24) is 9.78 Å². The van der Waals surface area contributed by atoms with Crippen LogP contribution in [0.25, 0.3) is 11.3 Å². The first kappa shape index (κ1) is 18.0. The van der Waals surface area contributed by atoms with Gasteiger partial charge in [0.15, 0.2) is 0 Å². The van der Waals surface area contributed by atoms with Gasteiger partial charge < -0.3 is 0 Å². The molecule has 4 rings (SSSR count). The number of nitrogens with zero attached hydrogens (tertiary/aromatic N) is 3. The average Bonchev–Trinajstić information content (AvgIpc) is 3.09. The molecule has 0 bridgehead atoms. The molecule has 0 spiro atoms. The lowest BCUT2D eigenvalue weighted by Gasteiger charge is -2.09. The van der Waals surface area contributed by atoms with E-state index in [4.69, 9.17) is 7.85 Å². The van der Waals surface area contributed by atoms with Crippen LogP contribution in [0, 0.1) is 11.6 Å². The van der Waals surface area contributed by atoms with E-state index in [2.05, 4.69) is 10.1 Å². The van der Waals surface area contributed by atoms with Crippen molar-refractivity contribution in [3.63, 3.8) is 0 Å². The summed E-state index contributed by atoms with van der Waals surface area (Å²) in [5.41, 5.74) is 3.61. The van der Waals surface area contributed by atoms with Gasteiger partial charge in [0.2, 0.25) is 0 Å². The van der Waals surface area contributed by atoms with Gasteiger partial charge in [0, 0.05) is 30.3 Å². The van der Waals surface area contributed by atoms with Crippen LogP contribution in [0.5, 0.6) is 0 Å². The van der Waals surface area contributed by atoms with Gasteiger partial charge in [0.25, 0.3) is 5.56 Å². The van der Waals surface area contributed by atoms with E-state index in [-0.39, 0.29) is 17.7 Å². The number of halogens is 2. The van der Waals surface area contributed by atoms with Crippen molar-refractivity contribution in [3.8, 4) is 11.3 Å². The molecule has 7 heteroatoms. The molecule has 0 atom stereocenters. The zero-order chi connectivity index (χ0) is 19.7. The topological polar surface area (TPSA) is 47.2 Å². The lowest BCUT2D eigenvalue weighted by Crippen LogP contribution is -2.23. The molecule has 0 aliphatic carbocycles. The zero-order valence-electron chi connectivity index (χ0n) is 14.8. The van der Waals surface area contributed by atoms with E-state index in [9.17, 15) is 13.6 Å². The number of hydrogen-bond donors (Lipinski definition) is 0. The van der Waals surface area contributed by atoms with E-state index in [0.29, 0.717) is 17.6 Å². The summed E-state index contributed by atoms with van der Waals surface area (Å²) in [4.78, 5) is 16.5. The summed E-state index contributed by atoms with van der Waals surface area (Å²) in [5, 5.41) is 4.27. The second kappa shape index (κ2) is 7.35. The first-order chi connectivity index (χ1) is 13.5. The number of allylic oxidation sites excluding steroid dienone is 1. The molecular formula is C21H14BF2N3O. The van der Waals surface area contributed by atoms with E-state index >= 15 is 0 Å². The van der Waals surface area contributed by atoms with Gasteiger partial charge in [0.1, 0.15) is 19.5 Å². The minimum absolute atomic E-state index is 0.217. The monoisotopic (exact) mass is 373 g/mol. The molecule has 136 valence electrons. The van der Waals surface area contributed by atoms with E-state index in [0.717, 1.165) is 22.9 Å². The van der Waals surface area contributed by atoms with Gasteiger partial charge in [-0.15, -0.1) is 0 Å². The molecule has 0 amide bonds. The van der Waals surface area contributed by atoms with Gasteiger partial charge in [-0.1, -0.05) is 23.7 Å². The number of rotatable bonds is 4. The predicted octanol–water partition coefficient (Wildman–Crippen LogP) is 3.44. The van der Waals surface area contributed by atoms with Crippen molar-refractivity contribution in [2.75, 3.05) is 0 Å². The van der Waals surface area contributed by atoms with Crippen LogP contribution in [0.3, 0.4) is 0 Å². The van der Waals surface area contributed by atoms with Crippen molar-refractivity contribution in [1.29, 1.82) is 0 Å². The summed E-state index contributed by atoms with van der Waals surface area (Å²) in [6.07, 6.45) is 2.22. The molecule has 2 radical (unpaired) electrons. The third-order valence-corrected chi connectivity index (χ3v) is 4.38. The molecule has 1 aromatic heterocycles. The van der Waals surface area contributed by atoms with E-state index in [1.165, 1.54) is 28.9 Å². The molecule has 2 aromatic carbocycles. The zero-order valence-corrected chi connectivity index (χ0v) is 14.8. The fraction of sp³-hybridized carbons (Fsp3) is 0.0952. The minimum atomic E-state index is -0.701. The van der Waals surface area contributed by atoms with Crippen molar-refractivity contribution >= 4 is 13.6 Å². The third kappa shape index (κ3) is 3.83. The second-order valence-electron chi connectivity index (χ2n) is 6.53. The molecular weight excluding hydrogens is 359 g/mol. The third-order valence-electron chi connectivity index (χ3n) is 4.38. The summed E-state index contributed by atoms with van der Waals surface area (Å²) in [5.74, 6) is -1.40. The molecule has 0 saturated heterocycles. The molecule has 3 aromatic rings. The first-order valence-electron chi connectivity index (χ1n) is 8.63. The number of benzene rings is 2. The normalized spacial score (nSPS) is 13.4. The minimum Gasteiger partial charge on any atom is -0.268 e. The molecule has 1 aliphatic rings. The van der Waals surface area contributed by atoms with Gasteiger partial charge in [-0.2, -0.15) is 5.10 Å². The van der Waals surface area contributed by atoms with Crippen LogP contribution in [0.4, 0.5) is 8.78 Å². The lowest BCUT2D eigenvalue weighted by atomic mass is 9.91. The molecule has 0 fully saturated rings. The number of hydrogen-bond acceptors (Lipinski definition) is 3. The Morgan fingerprint density at radius 1 is 1.00 bits per heavy atom. The van der Waals surface area contributed by atoms with Crippen LogP contribution in [0.1, 0.15) is 17.5 Å². The highest BCUT2D eigenvalue weighted by Gasteiger charge is 2.11. The highest BCUT2D eigenvalue weighted by molar-refractivity contribution is 6.26. The first-order valence-corrected chi connectivity index (χ1v) is 8.63. The van der Waals surface area contributed by atoms with Crippen LogP contribution in [-0.4, -0.2) is 23.3 Å². The van der Waals surface area contributed by atoms with Crippen molar-refractivity contribution < 1.29 is 8.78 Å². The van der Waals surface area contributed by atoms with E-state index < -0.39 is 11.6 Å². The molecule has 2 heterocycles. The highest BCUT2D eigenvalue weighted by Crippen LogP contribution is 2.19. The van der Waals surface area contributed by atoms with E-state index in [1.54, 1.807) is 6.20 Å². The molecule has 1 aliphatic heterocycles. The van der Waals surface area contributed by atoms with Crippen molar-refractivity contribution in [2.24, 2.45) is 4.99 Å². The highest BCUT2D eigenvalue weighted by atomic mass is 19.1. The van der Waals surface area contributed by atoms with Crippen molar-refractivity contribution in [3.05, 3.63) is 99.4 Å². The summed E-state index contributed by atoms with van der Waals surface area (Å²) < 4.78 is 28.3. The fourth-order valence-corrected chi connectivity index (χ4v) is 3.06. The summed E-state index contributed by atoms with van der Waals surface area (Å²) in [6.45, 7) is 0.217. The van der Waals surface area contributed by atoms with Crippen LogP contribution in [-0.2, 0) is 6.54 Å². The lowest BCUT2D eigenvalue weighted by molar-refractivity contribution is 0.583. The van der Waals surface area contributed by atoms with E-state index in [1.807, 2.05) is 24.3 Å². The molecule has 0 saturated carbocycles. The maximum absolute atomic E-state index is 13.5. The predicted molar refractivity (Wildman–Crippen MR) is 104 cm³/mol. The summed E-state index contributed by atoms with van der Waals surface area (Å²) in [7, 11) is 5.77. The van der Waals surface area contributed by atoms with Crippen molar-refractivity contribution in [2.45, 2.75) is 13.0 Å². The number of aromatic nitrogens is 2. The molecule has 0 unspecified atom stereocenters. The molecule has 4 nitrogen and oxygen atoms in total. The maximum atomic E-state index is 13.5. The maximum Gasteiger partial charge on any atom is 0.267 e. The summed E-state index contributed by atoms with van der Waals surface area (Å²) in [6, 6.07) is 13.5. The smallest absolute Gasteiger partial charge is 0.267 e. The largest absolute Gasteiger partial charge is 0.268 e. The van der Waals surface area contributed by atoms with Gasteiger partial charge >= 0.3 is 0 Å². The van der Waals surface area contributed by atoms with Gasteiger partial charge in [0.05, 0.1) is 18.0 Å². The Bertz CT molecular complexity index is 1160. The summed E-state index contributed by atoms with van der Waals surface area (Å²) >= 11 is 0. The van der Waals surface area contributed by atoms with Gasteiger partial charge in [-0.3, -0.25) is 9.79 Å². The van der Waals surface area contributed by atoms with Gasteiger partial charge in [-0.05, 0) is 35.4 Å².